The van der Waals surface area contributed by atoms with E-state index < -0.39 is 0 Å². The maximum atomic E-state index is 6.35. The zero-order chi connectivity index (χ0) is 14.0. The average molecular weight is 282 g/mol. The van der Waals surface area contributed by atoms with Crippen molar-refractivity contribution in [2.24, 2.45) is 0 Å². The van der Waals surface area contributed by atoms with Gasteiger partial charge in [0.15, 0.2) is 0 Å². The van der Waals surface area contributed by atoms with Gasteiger partial charge in [0.2, 0.25) is 0 Å². The largest absolute Gasteiger partial charge is 0.495 e. The van der Waals surface area contributed by atoms with Crippen molar-refractivity contribution in [3.05, 3.63) is 22.8 Å². The summed E-state index contributed by atoms with van der Waals surface area (Å²) in [5.41, 5.74) is 8.41. The van der Waals surface area contributed by atoms with Gasteiger partial charge in [-0.3, -0.25) is 5.10 Å². The van der Waals surface area contributed by atoms with Crippen molar-refractivity contribution in [2.45, 2.75) is 13.3 Å². The van der Waals surface area contributed by atoms with Crippen LogP contribution in [0.25, 0.3) is 11.1 Å². The molecule has 0 fully saturated rings. The third-order valence-corrected chi connectivity index (χ3v) is 3.34. The van der Waals surface area contributed by atoms with Crippen LogP contribution in [-0.4, -0.2) is 24.4 Å². The quantitative estimate of drug-likeness (QED) is 0.904. The number of nitrogens with one attached hydrogen (secondary N) is 1. The first-order valence-corrected chi connectivity index (χ1v) is 6.24. The molecule has 0 radical (unpaired) electrons. The normalized spacial score (nSPS) is 10.5. The van der Waals surface area contributed by atoms with Crippen molar-refractivity contribution >= 4 is 17.4 Å². The molecule has 0 spiro atoms. The predicted molar refractivity (Wildman–Crippen MR) is 75.9 cm³/mol. The second-order valence-electron chi connectivity index (χ2n) is 4.01. The summed E-state index contributed by atoms with van der Waals surface area (Å²) in [4.78, 5) is 0. The van der Waals surface area contributed by atoms with Crippen LogP contribution in [0.15, 0.2) is 12.3 Å². The molecule has 0 saturated carbocycles. The number of ether oxygens (including phenoxy) is 2. The molecule has 3 N–H and O–H groups in total. The summed E-state index contributed by atoms with van der Waals surface area (Å²) in [6.45, 7) is 2.03. The van der Waals surface area contributed by atoms with Gasteiger partial charge in [-0.05, 0) is 18.1 Å². The lowest BCUT2D eigenvalue weighted by Crippen LogP contribution is -1.98. The molecular formula is C13H16ClN3O2. The van der Waals surface area contributed by atoms with Crippen LogP contribution >= 0.6 is 11.6 Å². The van der Waals surface area contributed by atoms with E-state index in [4.69, 9.17) is 26.8 Å². The van der Waals surface area contributed by atoms with Crippen LogP contribution in [0.5, 0.6) is 11.5 Å². The molecule has 2 rings (SSSR count). The molecule has 0 atom stereocenters. The van der Waals surface area contributed by atoms with Crippen LogP contribution in [0.2, 0.25) is 5.02 Å². The molecule has 0 bridgehead atoms. The van der Waals surface area contributed by atoms with Crippen molar-refractivity contribution in [1.82, 2.24) is 10.2 Å². The fourth-order valence-electron chi connectivity index (χ4n) is 2.06. The number of nitrogens with two attached hydrogens (primary N) is 1. The fourth-order valence-corrected chi connectivity index (χ4v) is 2.44. The van der Waals surface area contributed by atoms with E-state index in [0.29, 0.717) is 22.3 Å². The second-order valence-corrected chi connectivity index (χ2v) is 4.39. The van der Waals surface area contributed by atoms with Gasteiger partial charge in [-0.2, -0.15) is 5.10 Å². The molecule has 0 saturated heterocycles. The number of H-pyrrole nitrogens is 1. The highest BCUT2D eigenvalue weighted by Gasteiger charge is 2.20. The molecule has 6 heteroatoms. The second kappa shape index (κ2) is 5.40. The number of aromatic amines is 1. The number of methoxy groups -OCH3 is 2. The number of hydrogen-bond donors (Lipinski definition) is 2. The number of aryl methyl sites for hydroxylation is 1. The number of benzene rings is 1. The van der Waals surface area contributed by atoms with E-state index in [2.05, 4.69) is 10.2 Å². The van der Waals surface area contributed by atoms with Crippen molar-refractivity contribution in [3.8, 4) is 22.6 Å². The zero-order valence-corrected chi connectivity index (χ0v) is 11.8. The zero-order valence-electron chi connectivity index (χ0n) is 11.1. The summed E-state index contributed by atoms with van der Waals surface area (Å²) < 4.78 is 10.7. The van der Waals surface area contributed by atoms with E-state index in [1.54, 1.807) is 20.4 Å². The van der Waals surface area contributed by atoms with Crippen LogP contribution in [0.1, 0.15) is 12.5 Å². The highest BCUT2D eigenvalue weighted by Crippen LogP contribution is 2.45. The van der Waals surface area contributed by atoms with Gasteiger partial charge < -0.3 is 15.2 Å². The number of anilines is 1. The van der Waals surface area contributed by atoms with Crippen LogP contribution in [0, 0.1) is 0 Å². The van der Waals surface area contributed by atoms with Gasteiger partial charge in [-0.1, -0.05) is 18.5 Å². The lowest BCUT2D eigenvalue weighted by Gasteiger charge is -2.16. The topological polar surface area (TPSA) is 73.2 Å². The number of aromatic nitrogens is 2. The first-order chi connectivity index (χ1) is 9.13. The van der Waals surface area contributed by atoms with Crippen molar-refractivity contribution in [3.63, 3.8) is 0 Å². The highest BCUT2D eigenvalue weighted by atomic mass is 35.5. The molecule has 2 aromatic rings. The van der Waals surface area contributed by atoms with Gasteiger partial charge in [-0.15, -0.1) is 0 Å². The molecule has 5 nitrogen and oxygen atoms in total. The summed E-state index contributed by atoms with van der Waals surface area (Å²) in [5, 5.41) is 7.07. The van der Waals surface area contributed by atoms with Gasteiger partial charge in [0, 0.05) is 11.1 Å². The molecular weight excluding hydrogens is 266 g/mol. The summed E-state index contributed by atoms with van der Waals surface area (Å²) >= 11 is 6.35. The van der Waals surface area contributed by atoms with E-state index >= 15 is 0 Å². The van der Waals surface area contributed by atoms with E-state index in [-0.39, 0.29) is 0 Å². The lowest BCUT2D eigenvalue weighted by atomic mass is 10.0. The van der Waals surface area contributed by atoms with E-state index in [1.165, 1.54) is 0 Å². The third-order valence-electron chi connectivity index (χ3n) is 3.00. The molecule has 0 amide bonds. The fraction of sp³-hybridized carbons (Fsp3) is 0.308. The van der Waals surface area contributed by atoms with Crippen molar-refractivity contribution in [1.29, 1.82) is 0 Å². The predicted octanol–water partition coefficient (Wildman–Crippen LogP) is 2.89. The monoisotopic (exact) mass is 281 g/mol. The summed E-state index contributed by atoms with van der Waals surface area (Å²) in [5.74, 6) is 1.64. The molecule has 0 unspecified atom stereocenters. The molecule has 0 aliphatic heterocycles. The first kappa shape index (κ1) is 13.5. The van der Waals surface area contributed by atoms with Gasteiger partial charge in [-0.25, -0.2) is 0 Å². The third kappa shape index (κ3) is 2.21. The average Bonchev–Trinajstić information content (AvgIpc) is 2.83. The minimum absolute atomic E-state index is 0.444. The SMILES string of the molecule is CCc1cc(-c2cn[nH]c2N)c(OC)c(Cl)c1OC. The smallest absolute Gasteiger partial charge is 0.149 e. The molecule has 0 aliphatic rings. The van der Waals surface area contributed by atoms with Gasteiger partial charge in [0.05, 0.1) is 20.4 Å². The van der Waals surface area contributed by atoms with Crippen LogP contribution in [0.3, 0.4) is 0 Å². The van der Waals surface area contributed by atoms with E-state index in [1.807, 2.05) is 13.0 Å². The molecule has 1 aromatic carbocycles. The molecule has 0 aliphatic carbocycles. The Morgan fingerprint density at radius 2 is 1.95 bits per heavy atom. The Balaban J connectivity index is 2.74. The Morgan fingerprint density at radius 3 is 2.42 bits per heavy atom. The molecule has 102 valence electrons. The number of nitrogen functional groups attached to an aromatic ring is 1. The van der Waals surface area contributed by atoms with Gasteiger partial charge in [0.1, 0.15) is 22.3 Å². The molecule has 19 heavy (non-hydrogen) atoms. The summed E-state index contributed by atoms with van der Waals surface area (Å²) in [6, 6.07) is 1.96. The van der Waals surface area contributed by atoms with Crippen molar-refractivity contribution in [2.75, 3.05) is 20.0 Å². The standard InChI is InChI=1S/C13H16ClN3O2/c1-4-7-5-8(9-6-16-17-13(9)15)12(19-3)10(14)11(7)18-2/h5-6H,4H2,1-3H3,(H3,15,16,17). The van der Waals surface area contributed by atoms with E-state index in [0.717, 1.165) is 23.1 Å². The Morgan fingerprint density at radius 1 is 1.26 bits per heavy atom. The van der Waals surface area contributed by atoms with Crippen LogP contribution in [0.4, 0.5) is 5.82 Å². The number of rotatable bonds is 4. The van der Waals surface area contributed by atoms with Crippen LogP contribution < -0.4 is 15.2 Å². The molecule has 1 heterocycles. The van der Waals surface area contributed by atoms with Crippen molar-refractivity contribution < 1.29 is 9.47 Å². The molecule has 1 aromatic heterocycles. The minimum Gasteiger partial charge on any atom is -0.495 e. The maximum Gasteiger partial charge on any atom is 0.149 e. The lowest BCUT2D eigenvalue weighted by molar-refractivity contribution is 0.393. The summed E-state index contributed by atoms with van der Waals surface area (Å²) in [6.07, 6.45) is 2.44. The van der Waals surface area contributed by atoms with Crippen LogP contribution in [-0.2, 0) is 6.42 Å². The van der Waals surface area contributed by atoms with Gasteiger partial charge >= 0.3 is 0 Å². The number of halogens is 1. The minimum atomic E-state index is 0.444. The Kier molecular flexibility index (Phi) is 3.85. The Bertz CT molecular complexity index is 596. The van der Waals surface area contributed by atoms with E-state index in [9.17, 15) is 0 Å². The Labute approximate surface area is 116 Å². The highest BCUT2D eigenvalue weighted by molar-refractivity contribution is 6.34. The van der Waals surface area contributed by atoms with Gasteiger partial charge in [0.25, 0.3) is 0 Å². The summed E-state index contributed by atoms with van der Waals surface area (Å²) in [7, 11) is 3.15. The maximum absolute atomic E-state index is 6.35. The first-order valence-electron chi connectivity index (χ1n) is 5.86. The Hall–Kier alpha value is -1.88. The number of nitrogens with zero attached hydrogens (tertiary/aromatic N) is 1. The number of hydrogen-bond acceptors (Lipinski definition) is 4.